The molecule has 1 fully saturated rings. The van der Waals surface area contributed by atoms with Crippen molar-refractivity contribution in [3.63, 3.8) is 0 Å². The van der Waals surface area contributed by atoms with Crippen molar-refractivity contribution >= 4 is 11.8 Å². The van der Waals surface area contributed by atoms with Gasteiger partial charge in [-0.05, 0) is 62.2 Å². The van der Waals surface area contributed by atoms with Gasteiger partial charge in [-0.25, -0.2) is 8.78 Å². The Bertz CT molecular complexity index is 915. The summed E-state index contributed by atoms with van der Waals surface area (Å²) in [5.41, 5.74) is 0.908. The van der Waals surface area contributed by atoms with E-state index in [0.717, 1.165) is 49.4 Å². The molecule has 2 N–H and O–H groups in total. The van der Waals surface area contributed by atoms with E-state index in [2.05, 4.69) is 15.5 Å². The number of methoxy groups -OCH3 is 1. The van der Waals surface area contributed by atoms with Crippen LogP contribution >= 0.6 is 0 Å². The summed E-state index contributed by atoms with van der Waals surface area (Å²) in [6.45, 7) is 2.71. The summed E-state index contributed by atoms with van der Waals surface area (Å²) in [6.07, 6.45) is 2.95. The highest BCUT2D eigenvalue weighted by Crippen LogP contribution is 2.26. The number of carbonyl (C=O) groups is 2. The van der Waals surface area contributed by atoms with Crippen LogP contribution in [0.15, 0.2) is 42.5 Å². The van der Waals surface area contributed by atoms with Gasteiger partial charge in [0.1, 0.15) is 17.4 Å². The molecule has 0 aromatic heterocycles. The third-order valence-electron chi connectivity index (χ3n) is 5.62. The van der Waals surface area contributed by atoms with E-state index in [1.54, 1.807) is 7.11 Å². The predicted molar refractivity (Wildman–Crippen MR) is 117 cm³/mol. The van der Waals surface area contributed by atoms with E-state index in [1.807, 2.05) is 24.3 Å². The number of hydrogen-bond acceptors (Lipinski definition) is 4. The van der Waals surface area contributed by atoms with Gasteiger partial charge in [0.25, 0.3) is 5.91 Å². The van der Waals surface area contributed by atoms with E-state index in [1.165, 1.54) is 0 Å². The molecule has 2 amide bonds. The molecule has 3 rings (SSSR count). The molecule has 8 heteroatoms. The fourth-order valence-corrected chi connectivity index (χ4v) is 3.86. The molecule has 172 valence electrons. The third kappa shape index (κ3) is 6.50. The normalized spacial score (nSPS) is 14.7. The van der Waals surface area contributed by atoms with Crippen molar-refractivity contribution in [1.82, 2.24) is 15.5 Å². The molecule has 32 heavy (non-hydrogen) atoms. The van der Waals surface area contributed by atoms with Gasteiger partial charge >= 0.3 is 0 Å². The quantitative estimate of drug-likeness (QED) is 0.550. The summed E-state index contributed by atoms with van der Waals surface area (Å²) in [4.78, 5) is 26.7. The zero-order valence-electron chi connectivity index (χ0n) is 18.2. The van der Waals surface area contributed by atoms with Crippen LogP contribution in [0.3, 0.4) is 0 Å². The second-order valence-corrected chi connectivity index (χ2v) is 7.82. The van der Waals surface area contributed by atoms with Crippen molar-refractivity contribution in [3.8, 4) is 5.75 Å². The molecular weight excluding hydrogens is 416 g/mol. The van der Waals surface area contributed by atoms with Gasteiger partial charge in [0.05, 0.1) is 18.7 Å². The number of hydrogen-bond donors (Lipinski definition) is 2. The number of benzene rings is 2. The van der Waals surface area contributed by atoms with Gasteiger partial charge in [-0.3, -0.25) is 14.5 Å². The molecule has 2 aromatic carbocycles. The highest BCUT2D eigenvalue weighted by Gasteiger charge is 2.24. The van der Waals surface area contributed by atoms with E-state index in [9.17, 15) is 18.4 Å². The second kappa shape index (κ2) is 11.6. The lowest BCUT2D eigenvalue weighted by molar-refractivity contribution is -0.121. The van der Waals surface area contributed by atoms with Crippen molar-refractivity contribution in [2.75, 3.05) is 33.3 Å². The van der Waals surface area contributed by atoms with Gasteiger partial charge < -0.3 is 15.4 Å². The van der Waals surface area contributed by atoms with E-state index >= 15 is 0 Å². The van der Waals surface area contributed by atoms with Crippen molar-refractivity contribution in [3.05, 3.63) is 65.2 Å². The lowest BCUT2D eigenvalue weighted by Crippen LogP contribution is -2.37. The van der Waals surface area contributed by atoms with Crippen LogP contribution in [0.5, 0.6) is 5.75 Å². The van der Waals surface area contributed by atoms with Crippen LogP contribution in [0.1, 0.15) is 47.6 Å². The zero-order chi connectivity index (χ0) is 22.9. The molecule has 0 spiro atoms. The zero-order valence-corrected chi connectivity index (χ0v) is 18.2. The molecule has 1 aliphatic heterocycles. The van der Waals surface area contributed by atoms with E-state index in [-0.39, 0.29) is 30.5 Å². The standard InChI is InChI=1S/C24H29F2N3O3/c1-32-19-9-6-17(7-10-19)22(29-13-2-3-14-29)16-28-23(30)5-4-12-27-24(31)20-11-8-18(25)15-21(20)26/h6-11,15,22H,2-5,12-14,16H2,1H3,(H,27,31)(H,28,30). The van der Waals surface area contributed by atoms with Gasteiger partial charge in [-0.15, -0.1) is 0 Å². The molecule has 0 radical (unpaired) electrons. The van der Waals surface area contributed by atoms with Crippen LogP contribution in [-0.2, 0) is 4.79 Å². The van der Waals surface area contributed by atoms with Crippen molar-refractivity contribution in [2.45, 2.75) is 31.7 Å². The van der Waals surface area contributed by atoms with Crippen LogP contribution < -0.4 is 15.4 Å². The number of amides is 2. The summed E-state index contributed by atoms with van der Waals surface area (Å²) in [7, 11) is 1.63. The van der Waals surface area contributed by atoms with Crippen molar-refractivity contribution in [1.29, 1.82) is 0 Å². The Morgan fingerprint density at radius 3 is 2.44 bits per heavy atom. The largest absolute Gasteiger partial charge is 0.497 e. The van der Waals surface area contributed by atoms with Gasteiger partial charge in [-0.2, -0.15) is 0 Å². The van der Waals surface area contributed by atoms with Crippen molar-refractivity contribution in [2.24, 2.45) is 0 Å². The Morgan fingerprint density at radius 2 is 1.78 bits per heavy atom. The molecule has 1 heterocycles. The van der Waals surface area contributed by atoms with Crippen molar-refractivity contribution < 1.29 is 23.1 Å². The first-order chi connectivity index (χ1) is 15.5. The fourth-order valence-electron chi connectivity index (χ4n) is 3.86. The summed E-state index contributed by atoms with van der Waals surface area (Å²) in [5.74, 6) is -1.59. The lowest BCUT2D eigenvalue weighted by Gasteiger charge is -2.28. The molecule has 0 saturated carbocycles. The Kier molecular flexibility index (Phi) is 8.56. The molecule has 1 unspecified atom stereocenters. The molecule has 1 aliphatic rings. The molecular formula is C24H29F2N3O3. The molecule has 2 aromatic rings. The number of likely N-dealkylation sites (tertiary alicyclic amines) is 1. The number of rotatable bonds is 10. The van der Waals surface area contributed by atoms with Crippen LogP contribution in [0, 0.1) is 11.6 Å². The Labute approximate surface area is 186 Å². The second-order valence-electron chi connectivity index (χ2n) is 7.82. The lowest BCUT2D eigenvalue weighted by atomic mass is 10.1. The maximum atomic E-state index is 13.6. The average molecular weight is 446 g/mol. The number of carbonyl (C=O) groups excluding carboxylic acids is 2. The molecule has 6 nitrogen and oxygen atoms in total. The number of ether oxygens (including phenoxy) is 1. The molecule has 0 bridgehead atoms. The Balaban J connectivity index is 1.45. The summed E-state index contributed by atoms with van der Waals surface area (Å²) in [5, 5.41) is 5.56. The maximum Gasteiger partial charge on any atom is 0.254 e. The number of halogens is 2. The summed E-state index contributed by atoms with van der Waals surface area (Å²) in [6, 6.07) is 10.8. The molecule has 1 saturated heterocycles. The Morgan fingerprint density at radius 1 is 1.06 bits per heavy atom. The van der Waals surface area contributed by atoms with E-state index in [4.69, 9.17) is 4.74 Å². The third-order valence-corrected chi connectivity index (χ3v) is 5.62. The topological polar surface area (TPSA) is 70.7 Å². The summed E-state index contributed by atoms with van der Waals surface area (Å²) < 4.78 is 31.8. The number of nitrogens with zero attached hydrogens (tertiary/aromatic N) is 1. The highest BCUT2D eigenvalue weighted by molar-refractivity contribution is 5.94. The average Bonchev–Trinajstić information content (AvgIpc) is 3.32. The van der Waals surface area contributed by atoms with E-state index < -0.39 is 17.5 Å². The first kappa shape index (κ1) is 23.7. The molecule has 1 atom stereocenters. The monoisotopic (exact) mass is 445 g/mol. The summed E-state index contributed by atoms with van der Waals surface area (Å²) >= 11 is 0. The van der Waals surface area contributed by atoms with E-state index in [0.29, 0.717) is 19.0 Å². The van der Waals surface area contributed by atoms with Crippen LogP contribution in [0.2, 0.25) is 0 Å². The molecule has 0 aliphatic carbocycles. The number of nitrogens with one attached hydrogen (secondary N) is 2. The Hall–Kier alpha value is -3.00. The SMILES string of the molecule is COc1ccc(C(CNC(=O)CCCNC(=O)c2ccc(F)cc2F)N2CCCC2)cc1. The minimum Gasteiger partial charge on any atom is -0.497 e. The predicted octanol–water partition coefficient (Wildman–Crippen LogP) is 3.44. The van der Waals surface area contributed by atoms with Crippen LogP contribution in [0.25, 0.3) is 0 Å². The van der Waals surface area contributed by atoms with Crippen LogP contribution in [0.4, 0.5) is 8.78 Å². The van der Waals surface area contributed by atoms with Crippen LogP contribution in [-0.4, -0.2) is 50.0 Å². The van der Waals surface area contributed by atoms with Gasteiger partial charge in [0.15, 0.2) is 0 Å². The first-order valence-electron chi connectivity index (χ1n) is 10.9. The van der Waals surface area contributed by atoms with Gasteiger partial charge in [0, 0.05) is 25.6 Å². The fraction of sp³-hybridized carbons (Fsp3) is 0.417. The smallest absolute Gasteiger partial charge is 0.254 e. The van der Waals surface area contributed by atoms with Gasteiger partial charge in [-0.1, -0.05) is 12.1 Å². The van der Waals surface area contributed by atoms with Gasteiger partial charge in [0.2, 0.25) is 5.91 Å². The minimum absolute atomic E-state index is 0.0912. The minimum atomic E-state index is -0.910. The highest BCUT2D eigenvalue weighted by atomic mass is 19.1. The first-order valence-corrected chi connectivity index (χ1v) is 10.9. The maximum absolute atomic E-state index is 13.6.